The van der Waals surface area contributed by atoms with E-state index in [0.29, 0.717) is 0 Å². The Morgan fingerprint density at radius 2 is 2.14 bits per heavy atom. The zero-order valence-electron chi connectivity index (χ0n) is 12.6. The second kappa shape index (κ2) is 5.13. The predicted octanol–water partition coefficient (Wildman–Crippen LogP) is 0.608. The Balaban J connectivity index is 1.83. The molecular weight excluding hydrogens is 274 g/mol. The lowest BCUT2D eigenvalue weighted by molar-refractivity contribution is 0.460. The first-order chi connectivity index (χ1) is 10.7. The van der Waals surface area contributed by atoms with Gasteiger partial charge in [0.15, 0.2) is 0 Å². The van der Waals surface area contributed by atoms with E-state index in [0.717, 1.165) is 25.0 Å². The average molecular weight is 293 g/mol. The molecule has 4 heteroatoms. The molecule has 1 aliphatic carbocycles. The summed E-state index contributed by atoms with van der Waals surface area (Å²) in [5, 5.41) is 6.15. The van der Waals surface area contributed by atoms with Crippen molar-refractivity contribution in [3.63, 3.8) is 0 Å². The third kappa shape index (κ3) is 2.06. The predicted molar refractivity (Wildman–Crippen MR) is 86.6 cm³/mol. The Bertz CT molecular complexity index is 897. The number of nitrogens with zero attached hydrogens (tertiary/aromatic N) is 2. The third-order valence-corrected chi connectivity index (χ3v) is 4.84. The van der Waals surface area contributed by atoms with E-state index in [1.807, 2.05) is 12.3 Å². The highest BCUT2D eigenvalue weighted by molar-refractivity contribution is 5.59. The Labute approximate surface area is 128 Å². The van der Waals surface area contributed by atoms with Crippen molar-refractivity contribution in [3.05, 3.63) is 63.1 Å². The van der Waals surface area contributed by atoms with Crippen LogP contribution in [-0.4, -0.2) is 15.6 Å². The van der Waals surface area contributed by atoms with Gasteiger partial charge >= 0.3 is 5.69 Å². The van der Waals surface area contributed by atoms with Crippen LogP contribution in [0.5, 0.6) is 0 Å². The van der Waals surface area contributed by atoms with Gasteiger partial charge in [0.25, 0.3) is 0 Å². The number of aryl methyl sites for hydroxylation is 1. The molecule has 1 aromatic heterocycles. The fourth-order valence-corrected chi connectivity index (χ4v) is 3.69. The first-order valence-corrected chi connectivity index (χ1v) is 7.82. The minimum absolute atomic E-state index is 0.176. The molecule has 1 N–H and O–H groups in total. The van der Waals surface area contributed by atoms with Gasteiger partial charge in [0.05, 0.1) is 11.7 Å². The highest BCUT2D eigenvalue weighted by Crippen LogP contribution is 2.35. The highest BCUT2D eigenvalue weighted by Gasteiger charge is 2.32. The molecule has 2 unspecified atom stereocenters. The Morgan fingerprint density at radius 1 is 1.27 bits per heavy atom. The number of rotatable bonds is 1. The Hall–Kier alpha value is -2.36. The summed E-state index contributed by atoms with van der Waals surface area (Å²) in [4.78, 5) is 16.1. The van der Waals surface area contributed by atoms with Gasteiger partial charge in [-0.2, -0.15) is 4.98 Å². The second-order valence-corrected chi connectivity index (χ2v) is 6.15. The zero-order chi connectivity index (χ0) is 15.1. The van der Waals surface area contributed by atoms with E-state index in [1.165, 1.54) is 20.6 Å². The molecule has 4 nitrogen and oxygen atoms in total. The molecule has 1 fully saturated rings. The van der Waals surface area contributed by atoms with Crippen molar-refractivity contribution in [2.24, 2.45) is 7.05 Å². The number of hydrogen-bond donors (Lipinski definition) is 1. The van der Waals surface area contributed by atoms with E-state index in [9.17, 15) is 4.79 Å². The average Bonchev–Trinajstić information content (AvgIpc) is 2.56. The number of benzene rings is 1. The Kier molecular flexibility index (Phi) is 3.10. The summed E-state index contributed by atoms with van der Waals surface area (Å²) in [5.41, 5.74) is 2.19. The summed E-state index contributed by atoms with van der Waals surface area (Å²) in [7, 11) is 1.74. The molecule has 2 aromatic rings. The van der Waals surface area contributed by atoms with Gasteiger partial charge in [0, 0.05) is 25.4 Å². The van der Waals surface area contributed by atoms with Gasteiger partial charge in [-0.3, -0.25) is 0 Å². The van der Waals surface area contributed by atoms with Crippen LogP contribution < -0.4 is 21.4 Å². The maximum atomic E-state index is 11.9. The molecule has 112 valence electrons. The largest absolute Gasteiger partial charge is 0.383 e. The molecule has 1 saturated carbocycles. The second-order valence-electron chi connectivity index (χ2n) is 6.15. The van der Waals surface area contributed by atoms with Gasteiger partial charge < -0.3 is 9.88 Å². The summed E-state index contributed by atoms with van der Waals surface area (Å²) in [6.07, 6.45) is 7.24. The quantitative estimate of drug-likeness (QED) is 0.838. The first-order valence-electron chi connectivity index (χ1n) is 7.82. The summed E-state index contributed by atoms with van der Waals surface area (Å²) in [5.74, 6) is 0.266. The maximum absolute atomic E-state index is 11.9. The monoisotopic (exact) mass is 293 g/mol. The molecule has 2 heterocycles. The maximum Gasteiger partial charge on any atom is 0.347 e. The van der Waals surface area contributed by atoms with Crippen LogP contribution in [0.15, 0.2) is 41.3 Å². The lowest BCUT2D eigenvalue weighted by Crippen LogP contribution is -2.47. The van der Waals surface area contributed by atoms with Crippen LogP contribution in [0, 0.1) is 0 Å². The summed E-state index contributed by atoms with van der Waals surface area (Å²) < 4.78 is 1.52. The highest BCUT2D eigenvalue weighted by atomic mass is 16.1. The molecule has 0 bridgehead atoms. The van der Waals surface area contributed by atoms with Crippen molar-refractivity contribution in [2.45, 2.75) is 31.2 Å². The molecule has 1 aromatic carbocycles. The minimum atomic E-state index is -0.176. The van der Waals surface area contributed by atoms with Gasteiger partial charge in [-0.05, 0) is 41.3 Å². The van der Waals surface area contributed by atoms with Crippen molar-refractivity contribution in [1.82, 2.24) is 14.9 Å². The Morgan fingerprint density at radius 3 is 3.00 bits per heavy atom. The molecule has 4 rings (SSSR count). The molecule has 0 radical (unpaired) electrons. The molecule has 22 heavy (non-hydrogen) atoms. The SMILES string of the molecule is Cn1ccc(C2CCCC3=c4ccccc4=CNC32)nc1=O. The number of aromatic nitrogens is 2. The number of hydrogen-bond acceptors (Lipinski definition) is 3. The van der Waals surface area contributed by atoms with E-state index in [1.54, 1.807) is 7.05 Å². The number of nitrogens with one attached hydrogen (secondary N) is 1. The molecule has 2 atom stereocenters. The van der Waals surface area contributed by atoms with E-state index in [-0.39, 0.29) is 17.6 Å². The van der Waals surface area contributed by atoms with E-state index in [4.69, 9.17) is 0 Å². The smallest absolute Gasteiger partial charge is 0.347 e. The van der Waals surface area contributed by atoms with Gasteiger partial charge in [0.1, 0.15) is 0 Å². The van der Waals surface area contributed by atoms with Crippen molar-refractivity contribution >= 4 is 11.8 Å². The lowest BCUT2D eigenvalue weighted by atomic mass is 9.77. The van der Waals surface area contributed by atoms with Crippen LogP contribution in [0.25, 0.3) is 11.8 Å². The van der Waals surface area contributed by atoms with E-state index < -0.39 is 0 Å². The van der Waals surface area contributed by atoms with E-state index >= 15 is 0 Å². The lowest BCUT2D eigenvalue weighted by Gasteiger charge is -2.35. The fourth-order valence-electron chi connectivity index (χ4n) is 3.69. The van der Waals surface area contributed by atoms with Gasteiger partial charge in [-0.25, -0.2) is 4.79 Å². The zero-order valence-corrected chi connectivity index (χ0v) is 12.6. The first kappa shape index (κ1) is 13.3. The van der Waals surface area contributed by atoms with Crippen molar-refractivity contribution in [2.75, 3.05) is 0 Å². The molecule has 0 saturated heterocycles. The van der Waals surface area contributed by atoms with E-state index in [2.05, 4.69) is 40.8 Å². The van der Waals surface area contributed by atoms with Crippen molar-refractivity contribution in [3.8, 4) is 0 Å². The van der Waals surface area contributed by atoms with Gasteiger partial charge in [-0.15, -0.1) is 0 Å². The van der Waals surface area contributed by atoms with Crippen LogP contribution in [0.2, 0.25) is 0 Å². The third-order valence-electron chi connectivity index (χ3n) is 4.84. The molecule has 2 aliphatic rings. The van der Waals surface area contributed by atoms with Crippen LogP contribution in [0.4, 0.5) is 0 Å². The normalized spacial score (nSPS) is 23.0. The molecule has 1 aliphatic heterocycles. The van der Waals surface area contributed by atoms with Crippen LogP contribution >= 0.6 is 0 Å². The molecule has 0 spiro atoms. The van der Waals surface area contributed by atoms with Crippen molar-refractivity contribution in [1.29, 1.82) is 0 Å². The summed E-state index contributed by atoms with van der Waals surface area (Å²) in [6, 6.07) is 10.8. The molecule has 0 amide bonds. The topological polar surface area (TPSA) is 46.9 Å². The molecular formula is C18H19N3O. The standard InChI is InChI=1S/C18H19N3O/c1-21-10-9-16(20-18(21)22)15-8-4-7-14-13-6-3-2-5-12(13)11-19-17(14)15/h2-3,5-6,9-11,15,17,19H,4,7-8H2,1H3. The number of fused-ring (bicyclic) bond motifs is 2. The van der Waals surface area contributed by atoms with Crippen LogP contribution in [-0.2, 0) is 7.05 Å². The fraction of sp³-hybridized carbons (Fsp3) is 0.333. The minimum Gasteiger partial charge on any atom is -0.383 e. The van der Waals surface area contributed by atoms with Crippen molar-refractivity contribution < 1.29 is 0 Å². The summed E-state index contributed by atoms with van der Waals surface area (Å²) in [6.45, 7) is 0. The van der Waals surface area contributed by atoms with Gasteiger partial charge in [-0.1, -0.05) is 24.3 Å². The van der Waals surface area contributed by atoms with Gasteiger partial charge in [0.2, 0.25) is 0 Å². The van der Waals surface area contributed by atoms with Crippen LogP contribution in [0.3, 0.4) is 0 Å². The summed E-state index contributed by atoms with van der Waals surface area (Å²) >= 11 is 0. The van der Waals surface area contributed by atoms with Crippen LogP contribution in [0.1, 0.15) is 30.9 Å².